The van der Waals surface area contributed by atoms with Crippen molar-refractivity contribution in [2.24, 2.45) is 0 Å². The summed E-state index contributed by atoms with van der Waals surface area (Å²) in [6.07, 6.45) is 3.62. The summed E-state index contributed by atoms with van der Waals surface area (Å²) in [6.45, 7) is 2.59. The molecule has 5 nitrogen and oxygen atoms in total. The van der Waals surface area contributed by atoms with E-state index in [0.29, 0.717) is 12.2 Å². The highest BCUT2D eigenvalue weighted by molar-refractivity contribution is 5.49. The first-order valence-electron chi connectivity index (χ1n) is 4.70. The third kappa shape index (κ3) is 2.25. The molecule has 0 fully saturated rings. The zero-order chi connectivity index (χ0) is 10.7. The first-order chi connectivity index (χ1) is 7.25. The Labute approximate surface area is 87.7 Å². The number of H-pyrrole nitrogens is 1. The van der Waals surface area contributed by atoms with Crippen LogP contribution in [0.5, 0.6) is 0 Å². The molecule has 0 bridgehead atoms. The van der Waals surface area contributed by atoms with Crippen LogP contribution in [-0.4, -0.2) is 15.2 Å². The molecule has 78 valence electrons. The summed E-state index contributed by atoms with van der Waals surface area (Å²) in [5.41, 5.74) is 8.32. The van der Waals surface area contributed by atoms with Crippen LogP contribution >= 0.6 is 0 Å². The Kier molecular flexibility index (Phi) is 2.53. The van der Waals surface area contributed by atoms with Gasteiger partial charge in [-0.15, -0.1) is 0 Å². The molecule has 0 aliphatic rings. The standard InChI is InChI=1S/C10H13N5/c1-7-9(11)2-3-10(15-7)12-4-8-5-13-14-6-8/h2-3,5-6H,4,11H2,1H3,(H,12,15)(H,13,14). The minimum absolute atomic E-state index is 0.701. The molecule has 0 aliphatic carbocycles. The van der Waals surface area contributed by atoms with E-state index in [4.69, 9.17) is 5.73 Å². The van der Waals surface area contributed by atoms with Crippen molar-refractivity contribution in [3.05, 3.63) is 35.8 Å². The molecule has 0 aromatic carbocycles. The lowest BCUT2D eigenvalue weighted by molar-refractivity contribution is 1.09. The number of aromatic amines is 1. The van der Waals surface area contributed by atoms with Gasteiger partial charge < -0.3 is 11.1 Å². The van der Waals surface area contributed by atoms with Gasteiger partial charge in [0.25, 0.3) is 0 Å². The van der Waals surface area contributed by atoms with Crippen molar-refractivity contribution >= 4 is 11.5 Å². The van der Waals surface area contributed by atoms with Crippen LogP contribution in [0.4, 0.5) is 11.5 Å². The summed E-state index contributed by atoms with van der Waals surface area (Å²) in [5, 5.41) is 9.81. The van der Waals surface area contributed by atoms with Crippen LogP contribution in [-0.2, 0) is 6.54 Å². The van der Waals surface area contributed by atoms with Crippen molar-refractivity contribution in [3.8, 4) is 0 Å². The van der Waals surface area contributed by atoms with Crippen molar-refractivity contribution in [2.75, 3.05) is 11.1 Å². The van der Waals surface area contributed by atoms with Crippen LogP contribution in [0.1, 0.15) is 11.3 Å². The molecule has 0 radical (unpaired) electrons. The Bertz CT molecular complexity index is 435. The molecule has 0 saturated heterocycles. The molecule has 15 heavy (non-hydrogen) atoms. The molecule has 2 aromatic rings. The Morgan fingerprint density at radius 3 is 3.00 bits per heavy atom. The first kappa shape index (κ1) is 9.51. The van der Waals surface area contributed by atoms with Gasteiger partial charge >= 0.3 is 0 Å². The topological polar surface area (TPSA) is 79.6 Å². The zero-order valence-electron chi connectivity index (χ0n) is 8.49. The van der Waals surface area contributed by atoms with Crippen molar-refractivity contribution in [3.63, 3.8) is 0 Å². The molecule has 2 rings (SSSR count). The minimum Gasteiger partial charge on any atom is -0.397 e. The third-order valence-corrected chi connectivity index (χ3v) is 2.16. The third-order valence-electron chi connectivity index (χ3n) is 2.16. The number of nitrogen functional groups attached to an aromatic ring is 1. The Balaban J connectivity index is 2.02. The van der Waals surface area contributed by atoms with Crippen LogP contribution in [0.2, 0.25) is 0 Å². The fraction of sp³-hybridized carbons (Fsp3) is 0.200. The van der Waals surface area contributed by atoms with Gasteiger partial charge in [0.05, 0.1) is 17.6 Å². The highest BCUT2D eigenvalue weighted by Crippen LogP contribution is 2.12. The molecule has 0 aliphatic heterocycles. The quantitative estimate of drug-likeness (QED) is 0.702. The van der Waals surface area contributed by atoms with Crippen LogP contribution in [0, 0.1) is 6.92 Å². The lowest BCUT2D eigenvalue weighted by Gasteiger charge is -2.05. The highest BCUT2D eigenvalue weighted by Gasteiger charge is 1.98. The Hall–Kier alpha value is -2.04. The predicted molar refractivity (Wildman–Crippen MR) is 59.3 cm³/mol. The number of nitrogens with zero attached hydrogens (tertiary/aromatic N) is 2. The van der Waals surface area contributed by atoms with E-state index in [9.17, 15) is 0 Å². The summed E-state index contributed by atoms with van der Waals surface area (Å²) in [5.74, 6) is 0.822. The van der Waals surface area contributed by atoms with Crippen LogP contribution in [0.25, 0.3) is 0 Å². The van der Waals surface area contributed by atoms with Gasteiger partial charge in [0.1, 0.15) is 5.82 Å². The molecule has 2 heterocycles. The van der Waals surface area contributed by atoms with E-state index in [0.717, 1.165) is 17.1 Å². The molecule has 0 atom stereocenters. The van der Waals surface area contributed by atoms with E-state index in [2.05, 4.69) is 20.5 Å². The number of nitrogens with two attached hydrogens (primary N) is 1. The first-order valence-corrected chi connectivity index (χ1v) is 4.70. The number of pyridine rings is 1. The molecule has 0 saturated carbocycles. The Morgan fingerprint density at radius 2 is 2.33 bits per heavy atom. The van der Waals surface area contributed by atoms with Gasteiger partial charge in [-0.25, -0.2) is 4.98 Å². The Morgan fingerprint density at radius 1 is 1.47 bits per heavy atom. The maximum absolute atomic E-state index is 5.67. The van der Waals surface area contributed by atoms with Crippen LogP contribution in [0.15, 0.2) is 24.5 Å². The molecule has 0 spiro atoms. The highest BCUT2D eigenvalue weighted by atomic mass is 15.1. The smallest absolute Gasteiger partial charge is 0.126 e. The zero-order valence-corrected chi connectivity index (χ0v) is 8.49. The summed E-state index contributed by atoms with van der Waals surface area (Å²) >= 11 is 0. The number of aryl methyl sites for hydroxylation is 1. The van der Waals surface area contributed by atoms with E-state index < -0.39 is 0 Å². The fourth-order valence-corrected chi connectivity index (χ4v) is 1.24. The molecule has 5 heteroatoms. The van der Waals surface area contributed by atoms with E-state index in [1.165, 1.54) is 0 Å². The lowest BCUT2D eigenvalue weighted by Crippen LogP contribution is -2.02. The number of rotatable bonds is 3. The van der Waals surface area contributed by atoms with E-state index in [1.807, 2.05) is 25.3 Å². The fourth-order valence-electron chi connectivity index (χ4n) is 1.24. The average molecular weight is 203 g/mol. The van der Waals surface area contributed by atoms with Crippen LogP contribution in [0.3, 0.4) is 0 Å². The SMILES string of the molecule is Cc1nc(NCc2cn[nH]c2)ccc1N. The van der Waals surface area contributed by atoms with E-state index >= 15 is 0 Å². The van der Waals surface area contributed by atoms with Crippen molar-refractivity contribution in [1.29, 1.82) is 0 Å². The number of nitrogens with one attached hydrogen (secondary N) is 2. The number of anilines is 2. The molecule has 2 aromatic heterocycles. The van der Waals surface area contributed by atoms with Crippen molar-refractivity contribution in [2.45, 2.75) is 13.5 Å². The second-order valence-electron chi connectivity index (χ2n) is 3.33. The predicted octanol–water partition coefficient (Wildman–Crippen LogP) is 1.31. The van der Waals surface area contributed by atoms with Gasteiger partial charge in [-0.2, -0.15) is 5.10 Å². The molecule has 0 amide bonds. The van der Waals surface area contributed by atoms with E-state index in [-0.39, 0.29) is 0 Å². The van der Waals surface area contributed by atoms with Crippen LogP contribution < -0.4 is 11.1 Å². The van der Waals surface area contributed by atoms with Gasteiger partial charge in [0.15, 0.2) is 0 Å². The molecular weight excluding hydrogens is 190 g/mol. The van der Waals surface area contributed by atoms with Gasteiger partial charge in [0, 0.05) is 18.3 Å². The van der Waals surface area contributed by atoms with Crippen molar-refractivity contribution < 1.29 is 0 Å². The molecule has 4 N–H and O–H groups in total. The summed E-state index contributed by atoms with van der Waals surface area (Å²) in [4.78, 5) is 4.31. The second kappa shape index (κ2) is 4.00. The van der Waals surface area contributed by atoms with Crippen molar-refractivity contribution in [1.82, 2.24) is 15.2 Å². The monoisotopic (exact) mass is 203 g/mol. The number of hydrogen-bond acceptors (Lipinski definition) is 4. The molecule has 0 unspecified atom stereocenters. The second-order valence-corrected chi connectivity index (χ2v) is 3.33. The molecular formula is C10H13N5. The normalized spacial score (nSPS) is 10.2. The lowest BCUT2D eigenvalue weighted by atomic mass is 10.3. The van der Waals surface area contributed by atoms with E-state index in [1.54, 1.807) is 6.20 Å². The summed E-state index contributed by atoms with van der Waals surface area (Å²) in [6, 6.07) is 3.71. The maximum Gasteiger partial charge on any atom is 0.126 e. The van der Waals surface area contributed by atoms with Gasteiger partial charge in [-0.1, -0.05) is 0 Å². The minimum atomic E-state index is 0.701. The van der Waals surface area contributed by atoms with Gasteiger partial charge in [0.2, 0.25) is 0 Å². The largest absolute Gasteiger partial charge is 0.397 e. The summed E-state index contributed by atoms with van der Waals surface area (Å²) < 4.78 is 0. The van der Waals surface area contributed by atoms with Gasteiger partial charge in [-0.3, -0.25) is 5.10 Å². The maximum atomic E-state index is 5.67. The summed E-state index contributed by atoms with van der Waals surface area (Å²) in [7, 11) is 0. The number of hydrogen-bond donors (Lipinski definition) is 3. The number of aromatic nitrogens is 3. The average Bonchev–Trinajstić information content (AvgIpc) is 2.73. The van der Waals surface area contributed by atoms with Gasteiger partial charge in [-0.05, 0) is 19.1 Å².